The third-order valence-corrected chi connectivity index (χ3v) is 14.8. The number of nitrogens with zero attached hydrogens (tertiary/aromatic N) is 3. The first-order valence-corrected chi connectivity index (χ1v) is 24.8. The van der Waals surface area contributed by atoms with E-state index in [4.69, 9.17) is 21.1 Å². The van der Waals surface area contributed by atoms with Gasteiger partial charge in [-0.1, -0.05) is 84.3 Å². The molecule has 2 fully saturated rings. The number of nitriles is 1. The Morgan fingerprint density at radius 1 is 0.919 bits per heavy atom. The van der Waals surface area contributed by atoms with Crippen LogP contribution in [0.4, 0.5) is 26.3 Å². The lowest BCUT2D eigenvalue weighted by Crippen LogP contribution is -2.74. The van der Waals surface area contributed by atoms with Crippen LogP contribution >= 0.6 is 22.9 Å². The van der Waals surface area contributed by atoms with E-state index in [-0.39, 0.29) is 29.1 Å². The van der Waals surface area contributed by atoms with Crippen molar-refractivity contribution in [1.29, 1.82) is 5.26 Å². The second kappa shape index (κ2) is 21.7. The van der Waals surface area contributed by atoms with Crippen LogP contribution in [0.5, 0.6) is 11.5 Å². The van der Waals surface area contributed by atoms with Crippen LogP contribution in [0.3, 0.4) is 0 Å². The first-order chi connectivity index (χ1) is 34.3. The van der Waals surface area contributed by atoms with Crippen LogP contribution in [0, 0.1) is 34.5 Å². The predicted molar refractivity (Wildman–Crippen MR) is 263 cm³/mol. The average Bonchev–Trinajstić information content (AvgIpc) is 3.95. The molecule has 0 bridgehead atoms. The summed E-state index contributed by atoms with van der Waals surface area (Å²) < 4.78 is 105. The maximum absolute atomic E-state index is 15.0. The van der Waals surface area contributed by atoms with Gasteiger partial charge in [-0.25, -0.2) is 4.98 Å². The molecule has 4 N–H and O–H groups in total. The highest BCUT2D eigenvalue weighted by atomic mass is 35.5. The molecule has 74 heavy (non-hydrogen) atoms. The Labute approximate surface area is 434 Å². The molecule has 400 valence electrons. The normalized spacial score (nSPS) is 20.4. The molecule has 0 unspecified atom stereocenters. The maximum Gasteiger partial charge on any atom is 0.377 e. The first kappa shape index (κ1) is 57.3. The van der Waals surface area contributed by atoms with Crippen LogP contribution in [0.15, 0.2) is 72.2 Å². The second-order valence-corrected chi connectivity index (χ2v) is 22.2. The number of nitrogens with one attached hydrogen (secondary N) is 3. The van der Waals surface area contributed by atoms with Gasteiger partial charge < -0.3 is 40.2 Å². The van der Waals surface area contributed by atoms with Gasteiger partial charge in [0.25, 0.3) is 5.91 Å². The Balaban J connectivity index is 0.989. The Morgan fingerprint density at radius 2 is 1.53 bits per heavy atom. The molecule has 3 aromatic carbocycles. The van der Waals surface area contributed by atoms with E-state index in [1.807, 2.05) is 65.0 Å². The van der Waals surface area contributed by atoms with Crippen molar-refractivity contribution in [3.05, 3.63) is 99.6 Å². The minimum Gasteiger partial charge on any atom is -0.489 e. The number of aromatic nitrogens is 1. The molecule has 0 radical (unpaired) electrons. The summed E-state index contributed by atoms with van der Waals surface area (Å²) in [5, 5.41) is 28.1. The van der Waals surface area contributed by atoms with E-state index in [1.165, 1.54) is 35.6 Å². The van der Waals surface area contributed by atoms with Gasteiger partial charge >= 0.3 is 17.8 Å². The van der Waals surface area contributed by atoms with E-state index in [0.29, 0.717) is 5.75 Å². The number of carbonyl (C=O) groups excluding carboxylic acids is 4. The highest BCUT2D eigenvalue weighted by molar-refractivity contribution is 7.13. The monoisotopic (exact) mass is 1080 g/mol. The van der Waals surface area contributed by atoms with Gasteiger partial charge in [-0.2, -0.15) is 31.6 Å². The molecule has 1 aliphatic heterocycles. The summed E-state index contributed by atoms with van der Waals surface area (Å²) >= 11 is 7.66. The van der Waals surface area contributed by atoms with Crippen LogP contribution in [0.2, 0.25) is 5.02 Å². The largest absolute Gasteiger partial charge is 0.489 e. The summed E-state index contributed by atoms with van der Waals surface area (Å²) in [4.78, 5) is 60.3. The highest BCUT2D eigenvalue weighted by Gasteiger charge is 2.72. The van der Waals surface area contributed by atoms with E-state index in [9.17, 15) is 55.9 Å². The molecule has 2 heterocycles. The Bertz CT molecular complexity index is 2730. The molecule has 0 spiro atoms. The van der Waals surface area contributed by atoms with Gasteiger partial charge in [-0.3, -0.25) is 19.2 Å². The highest BCUT2D eigenvalue weighted by Crippen LogP contribution is 2.56. The van der Waals surface area contributed by atoms with Gasteiger partial charge in [-0.05, 0) is 66.8 Å². The van der Waals surface area contributed by atoms with Crippen LogP contribution < -0.4 is 25.4 Å². The van der Waals surface area contributed by atoms with Crippen LogP contribution in [-0.2, 0) is 19.1 Å². The Hall–Kier alpha value is -5.95. The summed E-state index contributed by atoms with van der Waals surface area (Å²) in [6.45, 7) is 9.60. The lowest BCUT2D eigenvalue weighted by Gasteiger charge is -2.63. The number of hydrogen-bond acceptors (Lipinski definition) is 11. The van der Waals surface area contributed by atoms with Crippen LogP contribution in [0.25, 0.3) is 10.4 Å². The van der Waals surface area contributed by atoms with Gasteiger partial charge in [0.15, 0.2) is 6.61 Å². The van der Waals surface area contributed by atoms with Crippen molar-refractivity contribution in [1.82, 2.24) is 25.8 Å². The fraction of sp³-hybridized carbons (Fsp3) is 0.500. The van der Waals surface area contributed by atoms with Gasteiger partial charge in [0.2, 0.25) is 17.7 Å². The number of halogens is 7. The van der Waals surface area contributed by atoms with Crippen molar-refractivity contribution in [2.75, 3.05) is 26.4 Å². The van der Waals surface area contributed by atoms with E-state index >= 15 is 0 Å². The number of rotatable bonds is 19. The summed E-state index contributed by atoms with van der Waals surface area (Å²) in [7, 11) is 0. The summed E-state index contributed by atoms with van der Waals surface area (Å²) in [6, 6.07) is 14.9. The number of thiazole rings is 1. The minimum atomic E-state index is -6.06. The predicted octanol–water partition coefficient (Wildman–Crippen LogP) is 8.93. The van der Waals surface area contributed by atoms with Gasteiger partial charge in [0.1, 0.15) is 49.0 Å². The SMILES string of the molecule is Cc1ncsc1-c1ccc([C@H](C)NC(=O)[C@@H]2C[C@@H](O)CN2C(=O)[C@@H](NC(=O)COCC(F)(F)C(F)(F)C(F)(F)COc2ccc(C(=O)NC3C(C)(C)C(Oc4ccc(C#N)c(Cl)c4)C3(C)C)cc2)C(C)(C)C)cc1. The number of aliphatic hydroxyl groups excluding tert-OH is 1. The smallest absolute Gasteiger partial charge is 0.377 e. The van der Waals surface area contributed by atoms with Crippen molar-refractivity contribution in [2.45, 2.75) is 123 Å². The van der Waals surface area contributed by atoms with Crippen molar-refractivity contribution >= 4 is 46.6 Å². The van der Waals surface area contributed by atoms with E-state index in [2.05, 4.69) is 25.7 Å². The van der Waals surface area contributed by atoms with Crippen LogP contribution in [-0.4, -0.2) is 113 Å². The molecule has 14 nitrogen and oxygen atoms in total. The van der Waals surface area contributed by atoms with Crippen molar-refractivity contribution in [2.24, 2.45) is 16.2 Å². The summed E-state index contributed by atoms with van der Waals surface area (Å²) in [5.74, 6) is -20.3. The number of benzene rings is 3. The molecule has 1 saturated carbocycles. The number of β-amino-alcohol motifs (C(OH)–C–C–N with tert-alkyl or cyclic N) is 1. The van der Waals surface area contributed by atoms with E-state index in [0.717, 1.165) is 38.7 Å². The Kier molecular flexibility index (Phi) is 16.8. The first-order valence-electron chi connectivity index (χ1n) is 23.5. The number of alkyl halides is 6. The molecule has 6 rings (SSSR count). The number of carbonyl (C=O) groups is 4. The van der Waals surface area contributed by atoms with Crippen molar-refractivity contribution < 1.29 is 64.8 Å². The van der Waals surface area contributed by atoms with Gasteiger partial charge in [0, 0.05) is 41.5 Å². The summed E-state index contributed by atoms with van der Waals surface area (Å²) in [5.41, 5.74) is 2.28. The quantitative estimate of drug-likeness (QED) is 0.0660. The molecule has 4 aromatic rings. The summed E-state index contributed by atoms with van der Waals surface area (Å²) in [6.07, 6.45) is -1.67. The second-order valence-electron chi connectivity index (χ2n) is 21.0. The topological polar surface area (TPSA) is 192 Å². The molecule has 1 saturated heterocycles. The molecular weight excluding hydrogens is 1020 g/mol. The molecule has 4 amide bonds. The number of aryl methyl sites for hydroxylation is 1. The molecular formula is C52H59ClF6N6O8S. The standard InChI is InChI=1S/C52H59ClF6N6O8S/c1-28(30-10-12-31(13-11-30)40-29(2)61-27-74-40)62-43(69)38-20-34(66)23-65(38)44(70)41(47(3,4)5)63-39(67)24-71-25-50(54,55)52(58,59)51(56,57)26-72-35-17-14-32(15-18-35)42(68)64-45-48(6,7)46(49(45,8)9)73-36-19-16-33(22-60)37(53)21-36/h10-19,21,27-28,34,38,41,45-46,66H,20,23-26H2,1-9H3,(H,62,69)(H,63,67)(H,64,68)/t28-,34+,38-,41+,45?,46?/m0/s1. The zero-order valence-electron chi connectivity index (χ0n) is 42.1. The molecule has 1 aromatic heterocycles. The number of likely N-dealkylation sites (tertiary alicyclic amines) is 1. The lowest BCUT2D eigenvalue weighted by molar-refractivity contribution is -0.324. The average molecular weight is 1080 g/mol. The lowest BCUT2D eigenvalue weighted by atomic mass is 9.49. The zero-order valence-corrected chi connectivity index (χ0v) is 43.7. The van der Waals surface area contributed by atoms with Crippen molar-refractivity contribution in [3.8, 4) is 28.0 Å². The van der Waals surface area contributed by atoms with E-state index < -0.39 is 120 Å². The van der Waals surface area contributed by atoms with E-state index in [1.54, 1.807) is 39.3 Å². The Morgan fingerprint density at radius 3 is 2.09 bits per heavy atom. The minimum absolute atomic E-state index is 0.0448. The van der Waals surface area contributed by atoms with Crippen molar-refractivity contribution in [3.63, 3.8) is 0 Å². The van der Waals surface area contributed by atoms with Gasteiger partial charge in [-0.15, -0.1) is 11.3 Å². The number of hydrogen-bond donors (Lipinski definition) is 4. The van der Waals surface area contributed by atoms with Gasteiger partial charge in [0.05, 0.1) is 38.8 Å². The fourth-order valence-corrected chi connectivity index (χ4v) is 10.6. The third kappa shape index (κ3) is 12.1. The molecule has 1 aliphatic carbocycles. The third-order valence-electron chi connectivity index (χ3n) is 13.5. The zero-order chi connectivity index (χ0) is 54.9. The molecule has 2 aliphatic rings. The molecule has 22 heteroatoms. The number of ether oxygens (including phenoxy) is 3. The fourth-order valence-electron chi connectivity index (χ4n) is 9.63. The number of amides is 4. The van der Waals surface area contributed by atoms with Crippen LogP contribution in [0.1, 0.15) is 95.0 Å². The number of aliphatic hydroxyl groups is 1. The maximum atomic E-state index is 15.0. The molecule has 4 atom stereocenters.